The number of rotatable bonds is 2. The average Bonchev–Trinajstić information content (AvgIpc) is 2.85. The second kappa shape index (κ2) is 4.85. The Labute approximate surface area is 116 Å². The maximum atomic E-state index is 11.9. The number of ether oxygens (including phenoxy) is 2. The molecule has 2 aliphatic carbocycles. The predicted octanol–water partition coefficient (Wildman–Crippen LogP) is 1.49. The standard InChI is InChI=1S/C14H18O6/c1-5-7-8(6(2)11(5)15)10(14(18)20-4)12(16)9(7)13(17)19-3/h5,7-8,10,15-16H,1-4H3/t5?,7-,8+,10?/m1/s1. The van der Waals surface area contributed by atoms with Crippen molar-refractivity contribution >= 4 is 11.9 Å². The lowest BCUT2D eigenvalue weighted by Crippen LogP contribution is -2.26. The van der Waals surface area contributed by atoms with Crippen LogP contribution in [0.3, 0.4) is 0 Å². The van der Waals surface area contributed by atoms with Gasteiger partial charge in [-0.3, -0.25) is 4.79 Å². The lowest BCUT2D eigenvalue weighted by atomic mass is 9.82. The summed E-state index contributed by atoms with van der Waals surface area (Å²) in [5.41, 5.74) is 0.659. The van der Waals surface area contributed by atoms with Gasteiger partial charge in [0.1, 0.15) is 11.7 Å². The Kier molecular flexibility index (Phi) is 3.50. The van der Waals surface area contributed by atoms with E-state index in [0.29, 0.717) is 5.57 Å². The maximum absolute atomic E-state index is 11.9. The number of hydrogen-bond acceptors (Lipinski definition) is 6. The van der Waals surface area contributed by atoms with Gasteiger partial charge in [-0.1, -0.05) is 6.92 Å². The van der Waals surface area contributed by atoms with Crippen LogP contribution in [0.1, 0.15) is 13.8 Å². The summed E-state index contributed by atoms with van der Waals surface area (Å²) in [5.74, 6) is -3.72. The minimum atomic E-state index is -0.966. The first-order valence-corrected chi connectivity index (χ1v) is 6.35. The molecule has 0 spiro atoms. The average molecular weight is 282 g/mol. The zero-order chi connectivity index (χ0) is 15.2. The van der Waals surface area contributed by atoms with E-state index in [2.05, 4.69) is 4.74 Å². The van der Waals surface area contributed by atoms with Crippen molar-refractivity contribution in [3.8, 4) is 0 Å². The molecule has 0 saturated carbocycles. The fourth-order valence-corrected chi connectivity index (χ4v) is 3.41. The van der Waals surface area contributed by atoms with Gasteiger partial charge in [0.05, 0.1) is 25.6 Å². The van der Waals surface area contributed by atoms with Crippen LogP contribution in [0.15, 0.2) is 22.7 Å². The number of esters is 2. The first-order valence-electron chi connectivity index (χ1n) is 6.35. The molecular weight excluding hydrogens is 264 g/mol. The van der Waals surface area contributed by atoms with E-state index in [9.17, 15) is 19.8 Å². The number of aliphatic hydroxyl groups is 2. The van der Waals surface area contributed by atoms with Gasteiger partial charge >= 0.3 is 11.9 Å². The summed E-state index contributed by atoms with van der Waals surface area (Å²) >= 11 is 0. The molecule has 2 rings (SSSR count). The van der Waals surface area contributed by atoms with Gasteiger partial charge in [-0.2, -0.15) is 0 Å². The second-order valence-corrected chi connectivity index (χ2v) is 5.20. The molecular formula is C14H18O6. The van der Waals surface area contributed by atoms with Gasteiger partial charge in [0.15, 0.2) is 0 Å². The fraction of sp³-hybridized carbons (Fsp3) is 0.571. The molecule has 0 amide bonds. The number of fused-ring (bicyclic) bond motifs is 1. The monoisotopic (exact) mass is 282 g/mol. The van der Waals surface area contributed by atoms with Crippen LogP contribution in [0.25, 0.3) is 0 Å². The van der Waals surface area contributed by atoms with Crippen LogP contribution in [-0.2, 0) is 19.1 Å². The topological polar surface area (TPSA) is 93.1 Å². The van der Waals surface area contributed by atoms with Crippen molar-refractivity contribution in [3.05, 3.63) is 22.7 Å². The molecule has 0 aliphatic heterocycles. The number of allylic oxidation sites excluding steroid dienone is 2. The normalized spacial score (nSPS) is 32.4. The predicted molar refractivity (Wildman–Crippen MR) is 68.6 cm³/mol. The second-order valence-electron chi connectivity index (χ2n) is 5.20. The fourth-order valence-electron chi connectivity index (χ4n) is 3.41. The van der Waals surface area contributed by atoms with E-state index in [1.165, 1.54) is 14.2 Å². The van der Waals surface area contributed by atoms with E-state index in [1.54, 1.807) is 13.8 Å². The highest BCUT2D eigenvalue weighted by atomic mass is 16.5. The summed E-state index contributed by atoms with van der Waals surface area (Å²) in [6.07, 6.45) is 0. The van der Waals surface area contributed by atoms with Crippen LogP contribution in [0.5, 0.6) is 0 Å². The first-order chi connectivity index (χ1) is 9.36. The third-order valence-electron chi connectivity index (χ3n) is 4.38. The number of carbonyl (C=O) groups excluding carboxylic acids is 2. The van der Waals surface area contributed by atoms with Crippen LogP contribution in [0.4, 0.5) is 0 Å². The molecule has 0 aromatic carbocycles. The summed E-state index contributed by atoms with van der Waals surface area (Å²) < 4.78 is 9.39. The van der Waals surface area contributed by atoms with Gasteiger partial charge in [-0.25, -0.2) is 4.79 Å². The lowest BCUT2D eigenvalue weighted by molar-refractivity contribution is -0.146. The minimum absolute atomic E-state index is 0.0591. The third-order valence-corrected chi connectivity index (χ3v) is 4.38. The van der Waals surface area contributed by atoms with Crippen molar-refractivity contribution in [1.82, 2.24) is 0 Å². The van der Waals surface area contributed by atoms with E-state index < -0.39 is 29.7 Å². The van der Waals surface area contributed by atoms with Crippen molar-refractivity contribution in [3.63, 3.8) is 0 Å². The van der Waals surface area contributed by atoms with Gasteiger partial charge in [-0.05, 0) is 12.5 Å². The molecule has 0 radical (unpaired) electrons. The van der Waals surface area contributed by atoms with E-state index in [4.69, 9.17) is 4.74 Å². The molecule has 110 valence electrons. The van der Waals surface area contributed by atoms with Gasteiger partial charge in [0.2, 0.25) is 0 Å². The molecule has 0 heterocycles. The first kappa shape index (κ1) is 14.4. The summed E-state index contributed by atoms with van der Waals surface area (Å²) in [7, 11) is 2.43. The Morgan fingerprint density at radius 3 is 2.15 bits per heavy atom. The van der Waals surface area contributed by atoms with Crippen molar-refractivity contribution < 1.29 is 29.3 Å². The third kappa shape index (κ3) is 1.71. The molecule has 0 aromatic heterocycles. The molecule has 0 aromatic rings. The molecule has 2 aliphatic rings. The molecule has 2 N–H and O–H groups in total. The Hall–Kier alpha value is -1.98. The minimum Gasteiger partial charge on any atom is -0.512 e. The van der Waals surface area contributed by atoms with Crippen molar-refractivity contribution in [2.45, 2.75) is 13.8 Å². The van der Waals surface area contributed by atoms with Crippen LogP contribution in [0, 0.1) is 23.7 Å². The summed E-state index contributed by atoms with van der Waals surface area (Å²) in [6.45, 7) is 3.44. The Bertz CT molecular complexity index is 530. The summed E-state index contributed by atoms with van der Waals surface area (Å²) in [5, 5.41) is 20.3. The zero-order valence-corrected chi connectivity index (χ0v) is 11.8. The Balaban J connectivity index is 2.56. The Morgan fingerprint density at radius 1 is 1.05 bits per heavy atom. The summed E-state index contributed by atoms with van der Waals surface area (Å²) in [6, 6.07) is 0. The number of hydrogen-bond donors (Lipinski definition) is 2. The maximum Gasteiger partial charge on any atom is 0.337 e. The number of aliphatic hydroxyl groups excluding tert-OH is 2. The highest BCUT2D eigenvalue weighted by Gasteiger charge is 2.56. The van der Waals surface area contributed by atoms with Crippen LogP contribution in [0.2, 0.25) is 0 Å². The number of carbonyl (C=O) groups is 2. The zero-order valence-electron chi connectivity index (χ0n) is 11.8. The van der Waals surface area contributed by atoms with Gasteiger partial charge in [-0.15, -0.1) is 0 Å². The highest BCUT2D eigenvalue weighted by Crippen LogP contribution is 2.55. The largest absolute Gasteiger partial charge is 0.512 e. The van der Waals surface area contributed by atoms with E-state index in [1.807, 2.05) is 0 Å². The molecule has 2 unspecified atom stereocenters. The molecule has 0 saturated heterocycles. The van der Waals surface area contributed by atoms with Crippen LogP contribution >= 0.6 is 0 Å². The summed E-state index contributed by atoms with van der Waals surface area (Å²) in [4.78, 5) is 23.8. The molecule has 0 bridgehead atoms. The van der Waals surface area contributed by atoms with Gasteiger partial charge < -0.3 is 19.7 Å². The highest BCUT2D eigenvalue weighted by molar-refractivity contribution is 5.93. The van der Waals surface area contributed by atoms with Crippen molar-refractivity contribution in [2.24, 2.45) is 23.7 Å². The van der Waals surface area contributed by atoms with Gasteiger partial charge in [0.25, 0.3) is 0 Å². The van der Waals surface area contributed by atoms with E-state index >= 15 is 0 Å². The van der Waals surface area contributed by atoms with E-state index in [-0.39, 0.29) is 23.0 Å². The molecule has 20 heavy (non-hydrogen) atoms. The molecule has 0 fully saturated rings. The Morgan fingerprint density at radius 2 is 1.65 bits per heavy atom. The van der Waals surface area contributed by atoms with Crippen LogP contribution < -0.4 is 0 Å². The molecule has 6 heteroatoms. The SMILES string of the molecule is COC(=O)C1=C(O)C(C(=O)OC)[C@H]2C(C)=C(O)C(C)[C@@H]12. The van der Waals surface area contributed by atoms with Gasteiger partial charge in [0, 0.05) is 17.8 Å². The number of methoxy groups -OCH3 is 2. The molecule has 4 atom stereocenters. The quantitative estimate of drug-likeness (QED) is 0.745. The lowest BCUT2D eigenvalue weighted by Gasteiger charge is -2.20. The van der Waals surface area contributed by atoms with Crippen molar-refractivity contribution in [2.75, 3.05) is 14.2 Å². The van der Waals surface area contributed by atoms with Crippen molar-refractivity contribution in [1.29, 1.82) is 0 Å². The molecule has 6 nitrogen and oxygen atoms in total. The van der Waals surface area contributed by atoms with Crippen LogP contribution in [-0.4, -0.2) is 36.4 Å². The van der Waals surface area contributed by atoms with E-state index in [0.717, 1.165) is 0 Å². The smallest absolute Gasteiger partial charge is 0.337 e.